The lowest BCUT2D eigenvalue weighted by Crippen LogP contribution is -2.49. The van der Waals surface area contributed by atoms with Crippen molar-refractivity contribution in [2.45, 2.75) is 51.2 Å². The van der Waals surface area contributed by atoms with Crippen LogP contribution < -0.4 is 5.32 Å². The van der Waals surface area contributed by atoms with E-state index in [0.717, 1.165) is 32.4 Å². The summed E-state index contributed by atoms with van der Waals surface area (Å²) in [5.41, 5.74) is -0.195. The summed E-state index contributed by atoms with van der Waals surface area (Å²) >= 11 is 0. The molecule has 1 saturated heterocycles. The molecule has 17 heavy (non-hydrogen) atoms. The molecule has 0 aliphatic carbocycles. The van der Waals surface area contributed by atoms with Crippen LogP contribution in [0.5, 0.6) is 0 Å². The Morgan fingerprint density at radius 3 is 2.65 bits per heavy atom. The Morgan fingerprint density at radius 2 is 2.18 bits per heavy atom. The van der Waals surface area contributed by atoms with E-state index in [-0.39, 0.29) is 17.4 Å². The number of hydrogen-bond acceptors (Lipinski definition) is 4. The van der Waals surface area contributed by atoms with E-state index < -0.39 is 9.84 Å². The third-order valence-electron chi connectivity index (χ3n) is 3.40. The molecule has 0 spiro atoms. The Labute approximate surface area is 105 Å². The molecule has 0 saturated carbocycles. The van der Waals surface area contributed by atoms with Crippen LogP contribution in [0.15, 0.2) is 0 Å². The number of rotatable bonds is 7. The van der Waals surface area contributed by atoms with Crippen molar-refractivity contribution in [3.63, 3.8) is 0 Å². The first kappa shape index (κ1) is 14.9. The van der Waals surface area contributed by atoms with Crippen LogP contribution >= 0.6 is 0 Å². The van der Waals surface area contributed by atoms with Gasteiger partial charge in [-0.3, -0.25) is 0 Å². The Balaban J connectivity index is 2.59. The highest BCUT2D eigenvalue weighted by Crippen LogP contribution is 2.30. The van der Waals surface area contributed by atoms with Gasteiger partial charge in [0, 0.05) is 18.9 Å². The van der Waals surface area contributed by atoms with Gasteiger partial charge in [0.15, 0.2) is 0 Å². The van der Waals surface area contributed by atoms with Crippen molar-refractivity contribution in [1.82, 2.24) is 5.32 Å². The van der Waals surface area contributed by atoms with Gasteiger partial charge in [-0.1, -0.05) is 6.92 Å². The highest BCUT2D eigenvalue weighted by Gasteiger charge is 2.38. The Kier molecular flexibility index (Phi) is 5.41. The number of hydrogen-bond donors (Lipinski definition) is 1. The van der Waals surface area contributed by atoms with Gasteiger partial charge in [0.1, 0.15) is 9.84 Å². The third-order valence-corrected chi connectivity index (χ3v) is 4.38. The van der Waals surface area contributed by atoms with Crippen molar-refractivity contribution < 1.29 is 13.2 Å². The second kappa shape index (κ2) is 6.16. The maximum atomic E-state index is 11.3. The Hall–Kier alpha value is -0.130. The van der Waals surface area contributed by atoms with Crippen LogP contribution in [-0.4, -0.2) is 45.2 Å². The van der Waals surface area contributed by atoms with Crippen LogP contribution in [-0.2, 0) is 14.6 Å². The molecule has 5 heteroatoms. The molecular formula is C12H25NO3S. The van der Waals surface area contributed by atoms with Gasteiger partial charge in [-0.25, -0.2) is 8.42 Å². The topological polar surface area (TPSA) is 55.4 Å². The maximum absolute atomic E-state index is 11.3. The van der Waals surface area contributed by atoms with Gasteiger partial charge in [0.05, 0.1) is 11.4 Å². The molecule has 1 aliphatic heterocycles. The predicted molar refractivity (Wildman–Crippen MR) is 70.0 cm³/mol. The maximum Gasteiger partial charge on any atom is 0.147 e. The van der Waals surface area contributed by atoms with Crippen LogP contribution in [0.2, 0.25) is 0 Å². The van der Waals surface area contributed by atoms with Crippen LogP contribution in [0.1, 0.15) is 39.5 Å². The molecule has 1 N–H and O–H groups in total. The molecule has 0 aromatic carbocycles. The van der Waals surface area contributed by atoms with Gasteiger partial charge >= 0.3 is 0 Å². The molecule has 1 heterocycles. The molecule has 4 nitrogen and oxygen atoms in total. The van der Waals surface area contributed by atoms with Crippen LogP contribution in [0.25, 0.3) is 0 Å². The number of sulfone groups is 1. The Morgan fingerprint density at radius 1 is 1.47 bits per heavy atom. The minimum atomic E-state index is -2.90. The second-order valence-corrected chi connectivity index (χ2v) is 7.45. The summed E-state index contributed by atoms with van der Waals surface area (Å²) in [7, 11) is -2.90. The molecule has 1 rings (SSSR count). The monoisotopic (exact) mass is 263 g/mol. The smallest absolute Gasteiger partial charge is 0.147 e. The van der Waals surface area contributed by atoms with E-state index in [1.54, 1.807) is 0 Å². The lowest BCUT2D eigenvalue weighted by molar-refractivity contribution is -0.0122. The summed E-state index contributed by atoms with van der Waals surface area (Å²) < 4.78 is 28.3. The predicted octanol–water partition coefficient (Wildman–Crippen LogP) is 1.36. The van der Waals surface area contributed by atoms with Crippen molar-refractivity contribution in [2.24, 2.45) is 0 Å². The van der Waals surface area contributed by atoms with Crippen molar-refractivity contribution in [1.29, 1.82) is 0 Å². The molecule has 2 atom stereocenters. The minimum Gasteiger partial charge on any atom is -0.374 e. The van der Waals surface area contributed by atoms with Gasteiger partial charge in [-0.15, -0.1) is 0 Å². The summed E-state index contributed by atoms with van der Waals surface area (Å²) in [5, 5.41) is 3.44. The van der Waals surface area contributed by atoms with Crippen LogP contribution in [0.4, 0.5) is 0 Å². The quantitative estimate of drug-likeness (QED) is 0.753. The molecule has 0 aromatic rings. The van der Waals surface area contributed by atoms with E-state index in [0.29, 0.717) is 6.42 Å². The SMILES string of the molecule is CCCNC(CCS(C)(=O)=O)C1(C)CCCO1. The zero-order chi connectivity index (χ0) is 12.9. The van der Waals surface area contributed by atoms with Crippen LogP contribution in [0, 0.1) is 0 Å². The van der Waals surface area contributed by atoms with E-state index in [1.165, 1.54) is 6.26 Å². The summed E-state index contributed by atoms with van der Waals surface area (Å²) in [6.45, 7) is 5.90. The zero-order valence-electron chi connectivity index (χ0n) is 11.2. The average molecular weight is 263 g/mol. The highest BCUT2D eigenvalue weighted by molar-refractivity contribution is 7.90. The van der Waals surface area contributed by atoms with Gasteiger partial charge in [-0.05, 0) is 39.2 Å². The molecule has 0 radical (unpaired) electrons. The van der Waals surface area contributed by atoms with Gasteiger partial charge in [-0.2, -0.15) is 0 Å². The minimum absolute atomic E-state index is 0.139. The lowest BCUT2D eigenvalue weighted by Gasteiger charge is -2.34. The van der Waals surface area contributed by atoms with Gasteiger partial charge in [0.25, 0.3) is 0 Å². The normalized spacial score (nSPS) is 27.2. The first-order chi connectivity index (χ1) is 7.87. The number of ether oxygens (including phenoxy) is 1. The molecule has 1 aliphatic rings. The molecule has 1 fully saturated rings. The zero-order valence-corrected chi connectivity index (χ0v) is 12.0. The Bertz CT molecular complexity index is 321. The fourth-order valence-corrected chi connectivity index (χ4v) is 3.01. The summed E-state index contributed by atoms with van der Waals surface area (Å²) in [6, 6.07) is 0.139. The van der Waals surface area contributed by atoms with Crippen molar-refractivity contribution in [3.8, 4) is 0 Å². The van der Waals surface area contributed by atoms with E-state index in [9.17, 15) is 8.42 Å². The van der Waals surface area contributed by atoms with E-state index in [2.05, 4.69) is 19.2 Å². The fourth-order valence-electron chi connectivity index (χ4n) is 2.35. The van der Waals surface area contributed by atoms with Crippen molar-refractivity contribution in [2.75, 3.05) is 25.2 Å². The first-order valence-electron chi connectivity index (χ1n) is 6.42. The second-order valence-electron chi connectivity index (χ2n) is 5.19. The van der Waals surface area contributed by atoms with Crippen LogP contribution in [0.3, 0.4) is 0 Å². The van der Waals surface area contributed by atoms with Crippen molar-refractivity contribution >= 4 is 9.84 Å². The van der Waals surface area contributed by atoms with E-state index >= 15 is 0 Å². The van der Waals surface area contributed by atoms with Gasteiger partial charge in [0.2, 0.25) is 0 Å². The van der Waals surface area contributed by atoms with Gasteiger partial charge < -0.3 is 10.1 Å². The fraction of sp³-hybridized carbons (Fsp3) is 1.00. The standard InChI is InChI=1S/C12H25NO3S/c1-4-8-13-11(6-10-17(3,14)15)12(2)7-5-9-16-12/h11,13H,4-10H2,1-3H3. The lowest BCUT2D eigenvalue weighted by atomic mass is 9.91. The molecule has 0 amide bonds. The highest BCUT2D eigenvalue weighted by atomic mass is 32.2. The first-order valence-corrected chi connectivity index (χ1v) is 8.48. The van der Waals surface area contributed by atoms with E-state index in [1.807, 2.05) is 0 Å². The number of nitrogens with one attached hydrogen (secondary N) is 1. The van der Waals surface area contributed by atoms with E-state index in [4.69, 9.17) is 4.74 Å². The molecule has 0 bridgehead atoms. The molecule has 102 valence electrons. The third kappa shape index (κ3) is 4.94. The summed E-state index contributed by atoms with van der Waals surface area (Å²) in [5.74, 6) is 0.229. The largest absolute Gasteiger partial charge is 0.374 e. The summed E-state index contributed by atoms with van der Waals surface area (Å²) in [6.07, 6.45) is 5.06. The average Bonchev–Trinajstić information content (AvgIpc) is 2.64. The summed E-state index contributed by atoms with van der Waals surface area (Å²) in [4.78, 5) is 0. The molecule has 2 unspecified atom stereocenters. The molecule has 0 aromatic heterocycles. The molecular weight excluding hydrogens is 238 g/mol. The van der Waals surface area contributed by atoms with Crippen molar-refractivity contribution in [3.05, 3.63) is 0 Å².